The number of nitrogens with two attached hydrogens (primary N) is 1. The molecule has 4 amide bonds. The van der Waals surface area contributed by atoms with E-state index in [-0.39, 0.29) is 31.4 Å². The smallest absolute Gasteiger partial charge is 0.332 e. The van der Waals surface area contributed by atoms with Gasteiger partial charge in [0, 0.05) is 25.7 Å². The molecule has 194 valence electrons. The number of nitrogens with one attached hydrogen (secondary N) is 1. The van der Waals surface area contributed by atoms with Crippen molar-refractivity contribution in [1.82, 2.24) is 25.1 Å². The van der Waals surface area contributed by atoms with Gasteiger partial charge in [0.2, 0.25) is 11.8 Å². The summed E-state index contributed by atoms with van der Waals surface area (Å²) in [6, 6.07) is 22.0. The van der Waals surface area contributed by atoms with Gasteiger partial charge in [-0.3, -0.25) is 9.59 Å². The maximum absolute atomic E-state index is 14.0. The maximum Gasteiger partial charge on any atom is 0.332 e. The summed E-state index contributed by atoms with van der Waals surface area (Å²) in [5.74, 6) is -0.423. The third-order valence-electron chi connectivity index (χ3n) is 7.20. The van der Waals surface area contributed by atoms with Crippen molar-refractivity contribution in [2.75, 3.05) is 32.4 Å². The molecule has 3 aromatic rings. The number of nitrogen functional groups attached to an aromatic ring is 1. The van der Waals surface area contributed by atoms with Crippen LogP contribution < -0.4 is 11.1 Å². The average molecular weight is 512 g/mol. The molecule has 2 heterocycles. The van der Waals surface area contributed by atoms with Gasteiger partial charge in [-0.1, -0.05) is 54.6 Å². The largest absolute Gasteiger partial charge is 0.399 e. The summed E-state index contributed by atoms with van der Waals surface area (Å²) in [6.45, 7) is 0.221. The van der Waals surface area contributed by atoms with Crippen molar-refractivity contribution >= 4 is 34.3 Å². The zero-order chi connectivity index (χ0) is 26.8. The van der Waals surface area contributed by atoms with Crippen molar-refractivity contribution in [3.05, 3.63) is 77.9 Å². The normalized spacial score (nSPS) is 19.4. The van der Waals surface area contributed by atoms with E-state index in [9.17, 15) is 19.6 Å². The Kier molecular flexibility index (Phi) is 6.85. The molecule has 0 aliphatic carbocycles. The van der Waals surface area contributed by atoms with Crippen molar-refractivity contribution in [3.63, 3.8) is 0 Å². The van der Waals surface area contributed by atoms with E-state index in [0.29, 0.717) is 18.7 Å². The number of carbonyl (C=O) groups is 3. The van der Waals surface area contributed by atoms with Crippen LogP contribution in [0.1, 0.15) is 11.1 Å². The lowest BCUT2D eigenvalue weighted by molar-refractivity contribution is -0.157. The van der Waals surface area contributed by atoms with E-state index in [1.54, 1.807) is 26.9 Å². The fraction of sp³-hybridized carbons (Fsp3) is 0.286. The van der Waals surface area contributed by atoms with E-state index in [1.807, 2.05) is 60.7 Å². The van der Waals surface area contributed by atoms with Gasteiger partial charge in [-0.05, 0) is 34.0 Å². The van der Waals surface area contributed by atoms with Crippen LogP contribution in [0, 0.1) is 11.3 Å². The van der Waals surface area contributed by atoms with Gasteiger partial charge < -0.3 is 20.9 Å². The Hall–Kier alpha value is -4.62. The molecule has 0 bridgehead atoms. The number of carbonyl (C=O) groups excluding carboxylic acids is 3. The number of hydrazine groups is 1. The number of fused-ring (bicyclic) bond motifs is 2. The second kappa shape index (κ2) is 10.4. The van der Waals surface area contributed by atoms with Gasteiger partial charge in [0.15, 0.2) is 0 Å². The lowest BCUT2D eigenvalue weighted by Gasteiger charge is -2.46. The molecule has 0 unspecified atom stereocenters. The number of hydrogen-bond donors (Lipinski definition) is 2. The molecule has 3 aromatic carbocycles. The first-order chi connectivity index (χ1) is 18.4. The summed E-state index contributed by atoms with van der Waals surface area (Å²) < 4.78 is 0. The number of nitrogens with zero attached hydrogens (tertiary/aromatic N) is 5. The minimum Gasteiger partial charge on any atom is -0.399 e. The number of anilines is 1. The third kappa shape index (κ3) is 4.60. The molecule has 2 aliphatic heterocycles. The van der Waals surface area contributed by atoms with Crippen molar-refractivity contribution in [1.29, 1.82) is 5.26 Å². The molecule has 10 nitrogen and oxygen atoms in total. The molecule has 0 radical (unpaired) electrons. The highest BCUT2D eigenvalue weighted by atomic mass is 16.2. The van der Waals surface area contributed by atoms with Crippen LogP contribution in [0.15, 0.2) is 66.7 Å². The van der Waals surface area contributed by atoms with Crippen LogP contribution in [-0.4, -0.2) is 76.6 Å². The third-order valence-corrected chi connectivity index (χ3v) is 7.20. The van der Waals surface area contributed by atoms with Crippen LogP contribution in [0.4, 0.5) is 10.5 Å². The van der Waals surface area contributed by atoms with Crippen LogP contribution in [0.25, 0.3) is 10.8 Å². The topological polar surface area (TPSA) is 126 Å². The Bertz CT molecular complexity index is 1410. The fourth-order valence-electron chi connectivity index (χ4n) is 5.38. The zero-order valence-electron chi connectivity index (χ0n) is 21.1. The Morgan fingerprint density at radius 2 is 1.84 bits per heavy atom. The van der Waals surface area contributed by atoms with Crippen molar-refractivity contribution in [3.8, 4) is 6.07 Å². The van der Waals surface area contributed by atoms with E-state index in [2.05, 4.69) is 5.32 Å². The molecule has 0 saturated carbocycles. The molecule has 3 N–H and O–H groups in total. The average Bonchev–Trinajstić information content (AvgIpc) is 3.25. The first-order valence-electron chi connectivity index (χ1n) is 12.4. The SMILES string of the molecule is CNC(=O)N(CC#N)N1CC(=O)N2[C@@H](Cc3ccc(N)cc3)C(=O)N(Cc3cccc4ccccc34)C[C@@H]21. The summed E-state index contributed by atoms with van der Waals surface area (Å²) in [7, 11) is 1.48. The summed E-state index contributed by atoms with van der Waals surface area (Å²) in [4.78, 5) is 43.3. The van der Waals surface area contributed by atoms with Crippen molar-refractivity contribution in [2.24, 2.45) is 0 Å². The van der Waals surface area contributed by atoms with Gasteiger partial charge in [0.1, 0.15) is 18.8 Å². The Balaban J connectivity index is 1.53. The highest BCUT2D eigenvalue weighted by Gasteiger charge is 2.52. The minimum atomic E-state index is -0.765. The summed E-state index contributed by atoms with van der Waals surface area (Å²) in [6.07, 6.45) is -0.293. The second-order valence-electron chi connectivity index (χ2n) is 9.47. The number of nitriles is 1. The van der Waals surface area contributed by atoms with Crippen LogP contribution in [0.2, 0.25) is 0 Å². The fourth-order valence-corrected chi connectivity index (χ4v) is 5.38. The van der Waals surface area contributed by atoms with Crippen molar-refractivity contribution < 1.29 is 14.4 Å². The van der Waals surface area contributed by atoms with E-state index >= 15 is 0 Å². The zero-order valence-corrected chi connectivity index (χ0v) is 21.1. The Morgan fingerprint density at radius 3 is 2.58 bits per heavy atom. The molecule has 10 heteroatoms. The highest BCUT2D eigenvalue weighted by Crippen LogP contribution is 2.31. The van der Waals surface area contributed by atoms with Gasteiger partial charge in [0.05, 0.1) is 19.2 Å². The van der Waals surface area contributed by atoms with Crippen LogP contribution in [-0.2, 0) is 22.6 Å². The number of urea groups is 1. The molecule has 2 atom stereocenters. The Labute approximate surface area is 220 Å². The van der Waals surface area contributed by atoms with Crippen LogP contribution in [0.5, 0.6) is 0 Å². The molecular weight excluding hydrogens is 482 g/mol. The van der Waals surface area contributed by atoms with Gasteiger partial charge >= 0.3 is 6.03 Å². The predicted molar refractivity (Wildman–Crippen MR) is 142 cm³/mol. The van der Waals surface area contributed by atoms with E-state index in [1.165, 1.54) is 12.1 Å². The summed E-state index contributed by atoms with van der Waals surface area (Å²) in [5.41, 5.74) is 8.33. The first-order valence-corrected chi connectivity index (χ1v) is 12.4. The monoisotopic (exact) mass is 511 g/mol. The van der Waals surface area contributed by atoms with Crippen LogP contribution in [0.3, 0.4) is 0 Å². The minimum absolute atomic E-state index is 0.104. The summed E-state index contributed by atoms with van der Waals surface area (Å²) >= 11 is 0. The van der Waals surface area contributed by atoms with E-state index in [4.69, 9.17) is 5.73 Å². The van der Waals surface area contributed by atoms with E-state index in [0.717, 1.165) is 21.9 Å². The number of amides is 4. The molecule has 0 spiro atoms. The van der Waals surface area contributed by atoms with E-state index < -0.39 is 18.2 Å². The molecule has 0 aromatic heterocycles. The highest BCUT2D eigenvalue weighted by molar-refractivity contribution is 5.92. The quantitative estimate of drug-likeness (QED) is 0.385. The molecule has 38 heavy (non-hydrogen) atoms. The molecule has 5 rings (SSSR count). The molecule has 2 saturated heterocycles. The maximum atomic E-state index is 14.0. The molecule has 2 aliphatic rings. The van der Waals surface area contributed by atoms with Gasteiger partial charge in [-0.2, -0.15) is 10.3 Å². The number of hydrogen-bond acceptors (Lipinski definition) is 6. The lowest BCUT2D eigenvalue weighted by atomic mass is 9.99. The van der Waals surface area contributed by atoms with Gasteiger partial charge in [-0.15, -0.1) is 0 Å². The molecular formula is C28H29N7O3. The van der Waals surface area contributed by atoms with Crippen molar-refractivity contribution in [2.45, 2.75) is 25.2 Å². The Morgan fingerprint density at radius 1 is 1.11 bits per heavy atom. The number of benzene rings is 3. The standard InChI is InChI=1S/C28H29N7O3/c1-31-28(38)33(14-13-29)34-18-26(36)35-24(15-19-9-11-22(30)12-10-19)27(37)32(17-25(34)35)16-21-7-4-6-20-5-2-3-8-23(20)21/h2-12,24-25H,14-18,30H2,1H3,(H,31,38)/t24-,25+/m0/s1. The summed E-state index contributed by atoms with van der Waals surface area (Å²) in [5, 5.41) is 16.9. The molecule has 2 fully saturated rings. The predicted octanol–water partition coefficient (Wildman–Crippen LogP) is 1.93. The lowest BCUT2D eigenvalue weighted by Crippen LogP contribution is -2.66. The first kappa shape index (κ1) is 25.0. The second-order valence-corrected chi connectivity index (χ2v) is 9.47. The number of rotatable bonds is 6. The number of piperazine rings is 1. The van der Waals surface area contributed by atoms with Gasteiger partial charge in [-0.25, -0.2) is 9.80 Å². The van der Waals surface area contributed by atoms with Crippen LogP contribution >= 0.6 is 0 Å². The van der Waals surface area contributed by atoms with Gasteiger partial charge in [0.25, 0.3) is 0 Å².